The Morgan fingerprint density at radius 3 is 2.81 bits per heavy atom. The highest BCUT2D eigenvalue weighted by Gasteiger charge is 2.40. The number of carbonyl (C=O) groups is 2. The molecule has 2 aromatic rings. The number of amides is 2. The zero-order valence-electron chi connectivity index (χ0n) is 16.7. The van der Waals surface area contributed by atoms with Gasteiger partial charge in [-0.1, -0.05) is 17.8 Å². The van der Waals surface area contributed by atoms with Crippen LogP contribution in [0.3, 0.4) is 0 Å². The largest absolute Gasteiger partial charge is 0.467 e. The van der Waals surface area contributed by atoms with Gasteiger partial charge in [-0.3, -0.25) is 14.6 Å². The number of aliphatic imine (C=N–C) groups is 1. The predicted molar refractivity (Wildman–Crippen MR) is 118 cm³/mol. The van der Waals surface area contributed by atoms with Crippen LogP contribution < -0.4 is 11.1 Å². The standard InChI is InChI=1S/C22H21N5O3S/c23-12-14-5-3-6-15(11-14)26-20(28)19-18(24)17(22(29)27-8-1-2-9-27)21(31-19)25-13-16-7-4-10-30-16/h3-7,10-11,19H,1-2,8-9,13,24H2,(H,26,28)/t19-/m0/s1. The Balaban J connectivity index is 1.60. The summed E-state index contributed by atoms with van der Waals surface area (Å²) < 4.78 is 5.33. The van der Waals surface area contributed by atoms with Crippen molar-refractivity contribution in [3.8, 4) is 6.07 Å². The van der Waals surface area contributed by atoms with Crippen LogP contribution in [0.2, 0.25) is 0 Å². The van der Waals surface area contributed by atoms with Crippen molar-refractivity contribution in [2.45, 2.75) is 24.6 Å². The number of nitrogens with one attached hydrogen (secondary N) is 1. The number of nitrogens with two attached hydrogens (primary N) is 1. The van der Waals surface area contributed by atoms with E-state index in [1.807, 2.05) is 6.07 Å². The van der Waals surface area contributed by atoms with Crippen molar-refractivity contribution in [3.63, 3.8) is 0 Å². The summed E-state index contributed by atoms with van der Waals surface area (Å²) in [5.41, 5.74) is 7.76. The molecule has 0 bridgehead atoms. The number of carbonyl (C=O) groups excluding carboxylic acids is 2. The number of nitrogens with zero attached hydrogens (tertiary/aromatic N) is 3. The molecule has 9 heteroatoms. The second-order valence-corrected chi connectivity index (χ2v) is 8.30. The molecular weight excluding hydrogens is 414 g/mol. The van der Waals surface area contributed by atoms with Gasteiger partial charge in [-0.05, 0) is 43.2 Å². The fourth-order valence-electron chi connectivity index (χ4n) is 3.52. The Labute approximate surface area is 183 Å². The Bertz CT molecular complexity index is 1090. The van der Waals surface area contributed by atoms with Crippen molar-refractivity contribution in [2.24, 2.45) is 10.7 Å². The molecule has 0 spiro atoms. The first-order valence-electron chi connectivity index (χ1n) is 9.90. The average Bonchev–Trinajstić information content (AvgIpc) is 3.53. The molecule has 0 saturated carbocycles. The summed E-state index contributed by atoms with van der Waals surface area (Å²) in [4.78, 5) is 32.4. The number of likely N-dealkylation sites (tertiary alicyclic amines) is 1. The van der Waals surface area contributed by atoms with E-state index in [1.54, 1.807) is 47.6 Å². The first kappa shape index (κ1) is 20.8. The third-order valence-electron chi connectivity index (χ3n) is 5.08. The number of nitriles is 1. The second kappa shape index (κ2) is 9.10. The molecule has 0 aliphatic carbocycles. The van der Waals surface area contributed by atoms with Crippen LogP contribution in [0.4, 0.5) is 5.69 Å². The fourth-order valence-corrected chi connectivity index (χ4v) is 4.62. The van der Waals surface area contributed by atoms with E-state index in [2.05, 4.69) is 10.3 Å². The third-order valence-corrected chi connectivity index (χ3v) is 6.34. The van der Waals surface area contributed by atoms with Crippen LogP contribution >= 0.6 is 11.8 Å². The van der Waals surface area contributed by atoms with E-state index < -0.39 is 5.25 Å². The average molecular weight is 436 g/mol. The van der Waals surface area contributed by atoms with E-state index in [9.17, 15) is 9.59 Å². The molecule has 0 radical (unpaired) electrons. The Hall–Kier alpha value is -3.51. The number of rotatable bonds is 5. The number of anilines is 1. The molecule has 1 saturated heterocycles. The van der Waals surface area contributed by atoms with E-state index in [1.165, 1.54) is 0 Å². The van der Waals surface area contributed by atoms with Gasteiger partial charge in [0, 0.05) is 24.5 Å². The molecule has 4 rings (SSSR count). The second-order valence-electron chi connectivity index (χ2n) is 7.21. The predicted octanol–water partition coefficient (Wildman–Crippen LogP) is 2.64. The molecule has 2 amide bonds. The molecule has 1 atom stereocenters. The van der Waals surface area contributed by atoms with Crippen LogP contribution in [0.1, 0.15) is 24.2 Å². The molecule has 8 nitrogen and oxygen atoms in total. The van der Waals surface area contributed by atoms with Gasteiger partial charge in [0.15, 0.2) is 0 Å². The van der Waals surface area contributed by atoms with Crippen molar-refractivity contribution in [1.29, 1.82) is 5.26 Å². The van der Waals surface area contributed by atoms with Gasteiger partial charge < -0.3 is 20.4 Å². The number of furan rings is 1. The highest BCUT2D eigenvalue weighted by Crippen LogP contribution is 2.35. The van der Waals surface area contributed by atoms with Gasteiger partial charge in [-0.15, -0.1) is 0 Å². The topological polar surface area (TPSA) is 125 Å². The fraction of sp³-hybridized carbons (Fsp3) is 0.273. The lowest BCUT2D eigenvalue weighted by molar-refractivity contribution is -0.125. The van der Waals surface area contributed by atoms with E-state index in [-0.39, 0.29) is 24.1 Å². The number of hydrogen-bond donors (Lipinski definition) is 2. The molecule has 3 heterocycles. The van der Waals surface area contributed by atoms with Gasteiger partial charge in [-0.2, -0.15) is 5.26 Å². The highest BCUT2D eigenvalue weighted by molar-refractivity contribution is 8.16. The summed E-state index contributed by atoms with van der Waals surface area (Å²) in [6.07, 6.45) is 3.46. The Kier molecular flexibility index (Phi) is 6.09. The van der Waals surface area contributed by atoms with Crippen molar-refractivity contribution in [3.05, 3.63) is 65.3 Å². The summed E-state index contributed by atoms with van der Waals surface area (Å²) in [5.74, 6) is 0.0934. The zero-order valence-corrected chi connectivity index (χ0v) is 17.5. The lowest BCUT2D eigenvalue weighted by Crippen LogP contribution is -2.33. The first-order chi connectivity index (χ1) is 15.1. The highest BCUT2D eigenvalue weighted by atomic mass is 32.2. The smallest absolute Gasteiger partial charge is 0.258 e. The van der Waals surface area contributed by atoms with Crippen molar-refractivity contribution < 1.29 is 14.0 Å². The summed E-state index contributed by atoms with van der Waals surface area (Å²) in [5, 5.41) is 11.5. The van der Waals surface area contributed by atoms with Crippen LogP contribution in [-0.4, -0.2) is 40.1 Å². The quantitative estimate of drug-likeness (QED) is 0.744. The lowest BCUT2D eigenvalue weighted by Gasteiger charge is -2.16. The summed E-state index contributed by atoms with van der Waals surface area (Å²) in [7, 11) is 0. The van der Waals surface area contributed by atoms with Gasteiger partial charge in [0.1, 0.15) is 16.1 Å². The third kappa shape index (κ3) is 4.49. The van der Waals surface area contributed by atoms with Crippen LogP contribution in [0.5, 0.6) is 0 Å². The molecular formula is C22H21N5O3S. The van der Waals surface area contributed by atoms with Gasteiger partial charge >= 0.3 is 0 Å². The normalized spacial score (nSPS) is 19.6. The van der Waals surface area contributed by atoms with E-state index in [0.717, 1.165) is 24.6 Å². The SMILES string of the molecule is N#Cc1cccc(NC(=O)[C@H]2SC(=NCc3ccco3)C(C(=O)N3CCCC3)=C2N)c1. The van der Waals surface area contributed by atoms with Crippen LogP contribution in [0.15, 0.2) is 63.3 Å². The Morgan fingerprint density at radius 1 is 1.29 bits per heavy atom. The minimum atomic E-state index is -0.789. The van der Waals surface area contributed by atoms with Crippen molar-refractivity contribution in [2.75, 3.05) is 18.4 Å². The summed E-state index contributed by atoms with van der Waals surface area (Å²) in [6.45, 7) is 1.59. The van der Waals surface area contributed by atoms with Gasteiger partial charge in [0.05, 0.1) is 30.0 Å². The van der Waals surface area contributed by atoms with Crippen LogP contribution in [0.25, 0.3) is 0 Å². The zero-order chi connectivity index (χ0) is 21.8. The number of benzene rings is 1. The first-order valence-corrected chi connectivity index (χ1v) is 10.8. The lowest BCUT2D eigenvalue weighted by atomic mass is 10.1. The molecule has 1 fully saturated rings. The van der Waals surface area contributed by atoms with E-state index in [4.69, 9.17) is 15.4 Å². The van der Waals surface area contributed by atoms with Crippen LogP contribution in [0, 0.1) is 11.3 Å². The van der Waals surface area contributed by atoms with E-state index in [0.29, 0.717) is 40.7 Å². The van der Waals surface area contributed by atoms with Gasteiger partial charge in [0.2, 0.25) is 5.91 Å². The number of thioether (sulfide) groups is 1. The molecule has 1 aromatic heterocycles. The maximum absolute atomic E-state index is 13.1. The monoisotopic (exact) mass is 435 g/mol. The molecule has 1 aromatic carbocycles. The summed E-state index contributed by atoms with van der Waals surface area (Å²) in [6, 6.07) is 12.2. The van der Waals surface area contributed by atoms with Crippen LogP contribution in [-0.2, 0) is 16.1 Å². The van der Waals surface area contributed by atoms with Gasteiger partial charge in [-0.25, -0.2) is 0 Å². The molecule has 2 aliphatic rings. The minimum absolute atomic E-state index is 0.192. The maximum Gasteiger partial charge on any atom is 0.258 e. The van der Waals surface area contributed by atoms with Crippen molar-refractivity contribution in [1.82, 2.24) is 4.90 Å². The molecule has 0 unspecified atom stereocenters. The van der Waals surface area contributed by atoms with Gasteiger partial charge in [0.25, 0.3) is 5.91 Å². The Morgan fingerprint density at radius 2 is 2.10 bits per heavy atom. The molecule has 158 valence electrons. The van der Waals surface area contributed by atoms with E-state index >= 15 is 0 Å². The molecule has 2 aliphatic heterocycles. The molecule has 3 N–H and O–H groups in total. The number of hydrogen-bond acceptors (Lipinski definition) is 7. The van der Waals surface area contributed by atoms with Crippen molar-refractivity contribution >= 4 is 34.3 Å². The summed E-state index contributed by atoms with van der Waals surface area (Å²) >= 11 is 1.16. The molecule has 31 heavy (non-hydrogen) atoms. The minimum Gasteiger partial charge on any atom is -0.467 e. The maximum atomic E-state index is 13.1.